The third-order valence-electron chi connectivity index (χ3n) is 6.79. The first kappa shape index (κ1) is 29.3. The average Bonchev–Trinajstić information content (AvgIpc) is 2.95. The Labute approximate surface area is 238 Å². The SMILES string of the molecule is Cc1cc(C)c(C(=O)Oc2c(C)ccnc2C(=O)/N=C2/COC(=O)[C@H](Cc3ccccc3)C[C@H](C)OC2=O)c(C)c1. The number of pyridine rings is 1. The van der Waals surface area contributed by atoms with Crippen molar-refractivity contribution in [2.45, 2.75) is 53.6 Å². The molecule has 9 heteroatoms. The van der Waals surface area contributed by atoms with Crippen molar-refractivity contribution in [2.75, 3.05) is 6.61 Å². The highest BCUT2D eigenvalue weighted by atomic mass is 16.6. The third kappa shape index (κ3) is 7.11. The quantitative estimate of drug-likeness (QED) is 0.409. The molecule has 9 nitrogen and oxygen atoms in total. The van der Waals surface area contributed by atoms with Gasteiger partial charge in [0.15, 0.2) is 17.2 Å². The van der Waals surface area contributed by atoms with E-state index in [0.29, 0.717) is 17.5 Å². The Balaban J connectivity index is 1.58. The van der Waals surface area contributed by atoms with Gasteiger partial charge in [-0.3, -0.25) is 9.59 Å². The first-order valence-electron chi connectivity index (χ1n) is 13.3. The highest BCUT2D eigenvalue weighted by Gasteiger charge is 2.31. The van der Waals surface area contributed by atoms with Crippen LogP contribution in [-0.2, 0) is 25.5 Å². The molecule has 0 aliphatic carbocycles. The van der Waals surface area contributed by atoms with Crippen LogP contribution in [-0.4, -0.2) is 47.2 Å². The molecule has 41 heavy (non-hydrogen) atoms. The van der Waals surface area contributed by atoms with Gasteiger partial charge in [-0.05, 0) is 75.8 Å². The maximum atomic E-state index is 13.3. The number of aryl methyl sites for hydroxylation is 4. The molecule has 1 aromatic heterocycles. The number of aromatic nitrogens is 1. The van der Waals surface area contributed by atoms with E-state index in [0.717, 1.165) is 22.3 Å². The van der Waals surface area contributed by atoms with Gasteiger partial charge < -0.3 is 14.2 Å². The summed E-state index contributed by atoms with van der Waals surface area (Å²) in [7, 11) is 0. The fraction of sp³-hybridized carbons (Fsp3) is 0.312. The van der Waals surface area contributed by atoms with Crippen molar-refractivity contribution >= 4 is 29.5 Å². The number of cyclic esters (lactones) is 2. The summed E-state index contributed by atoms with van der Waals surface area (Å²) >= 11 is 0. The molecule has 212 valence electrons. The van der Waals surface area contributed by atoms with Crippen LogP contribution in [0.4, 0.5) is 0 Å². The lowest BCUT2D eigenvalue weighted by Gasteiger charge is -2.17. The molecule has 1 fully saturated rings. The van der Waals surface area contributed by atoms with Crippen molar-refractivity contribution in [2.24, 2.45) is 10.9 Å². The zero-order valence-electron chi connectivity index (χ0n) is 23.7. The van der Waals surface area contributed by atoms with E-state index < -0.39 is 42.4 Å². The molecule has 4 rings (SSSR count). The number of ether oxygens (including phenoxy) is 3. The summed E-state index contributed by atoms with van der Waals surface area (Å²) < 4.78 is 16.6. The van der Waals surface area contributed by atoms with E-state index in [1.54, 1.807) is 33.8 Å². The van der Waals surface area contributed by atoms with Crippen molar-refractivity contribution in [3.63, 3.8) is 0 Å². The van der Waals surface area contributed by atoms with Crippen LogP contribution < -0.4 is 4.74 Å². The van der Waals surface area contributed by atoms with E-state index in [-0.39, 0.29) is 23.6 Å². The maximum absolute atomic E-state index is 13.3. The minimum Gasteiger partial charge on any atom is -0.459 e. The third-order valence-corrected chi connectivity index (χ3v) is 6.79. The number of aliphatic imine (C=N–C) groups is 1. The first-order valence-corrected chi connectivity index (χ1v) is 13.3. The minimum atomic E-state index is -0.940. The van der Waals surface area contributed by atoms with Crippen molar-refractivity contribution in [1.29, 1.82) is 0 Å². The Bertz CT molecular complexity index is 1510. The molecule has 0 N–H and O–H groups in total. The largest absolute Gasteiger partial charge is 0.459 e. The standard InChI is InChI=1S/C32H32N2O7/c1-18-13-20(3)26(21(4)14-18)32(38)41-28-19(2)11-12-33-27(28)29(35)34-25-17-39-30(36)24(15-22(5)40-31(25)37)16-23-9-7-6-8-10-23/h6-14,22,24H,15-17H2,1-5H3/b34-25-/t22-,24-/m0/s1. The number of amides is 1. The monoisotopic (exact) mass is 556 g/mol. The Morgan fingerprint density at radius 2 is 1.68 bits per heavy atom. The molecule has 0 radical (unpaired) electrons. The number of esters is 3. The number of carbonyl (C=O) groups is 4. The maximum Gasteiger partial charge on any atom is 0.356 e. The summed E-state index contributed by atoms with van der Waals surface area (Å²) in [5, 5.41) is 0. The second-order valence-corrected chi connectivity index (χ2v) is 10.3. The molecule has 2 heterocycles. The van der Waals surface area contributed by atoms with Gasteiger partial charge in [0.05, 0.1) is 11.5 Å². The van der Waals surface area contributed by atoms with Crippen LogP contribution in [0.5, 0.6) is 5.75 Å². The summed E-state index contributed by atoms with van der Waals surface area (Å²) in [5.74, 6) is -3.61. The summed E-state index contributed by atoms with van der Waals surface area (Å²) in [6, 6.07) is 14.8. The molecule has 3 aromatic rings. The van der Waals surface area contributed by atoms with E-state index in [9.17, 15) is 19.2 Å². The summed E-state index contributed by atoms with van der Waals surface area (Å²) in [6.07, 6.45) is 1.41. The van der Waals surface area contributed by atoms with E-state index >= 15 is 0 Å². The van der Waals surface area contributed by atoms with Crippen molar-refractivity contribution < 1.29 is 33.4 Å². The van der Waals surface area contributed by atoms with Gasteiger partial charge in [0.2, 0.25) is 0 Å². The molecule has 0 bridgehead atoms. The molecular formula is C32H32N2O7. The van der Waals surface area contributed by atoms with Crippen LogP contribution >= 0.6 is 0 Å². The van der Waals surface area contributed by atoms with Crippen molar-refractivity contribution in [3.8, 4) is 5.75 Å². The van der Waals surface area contributed by atoms with Crippen LogP contribution in [0.1, 0.15) is 62.0 Å². The second kappa shape index (κ2) is 12.7. The van der Waals surface area contributed by atoms with E-state index in [1.807, 2.05) is 49.4 Å². The van der Waals surface area contributed by atoms with Gasteiger partial charge in [-0.2, -0.15) is 0 Å². The normalized spacial score (nSPS) is 18.5. The molecule has 0 spiro atoms. The average molecular weight is 557 g/mol. The smallest absolute Gasteiger partial charge is 0.356 e. The van der Waals surface area contributed by atoms with Gasteiger partial charge in [0.25, 0.3) is 5.91 Å². The Morgan fingerprint density at radius 3 is 2.37 bits per heavy atom. The summed E-state index contributed by atoms with van der Waals surface area (Å²) in [6.45, 7) is 8.32. The molecule has 0 unspecified atom stereocenters. The molecule has 1 aliphatic rings. The van der Waals surface area contributed by atoms with Crippen LogP contribution in [0.25, 0.3) is 0 Å². The van der Waals surface area contributed by atoms with Gasteiger partial charge in [-0.15, -0.1) is 0 Å². The number of hydrogen-bond donors (Lipinski definition) is 0. The van der Waals surface area contributed by atoms with Gasteiger partial charge in [-0.1, -0.05) is 48.0 Å². The van der Waals surface area contributed by atoms with E-state index in [2.05, 4.69) is 9.98 Å². The number of rotatable bonds is 5. The molecule has 1 aliphatic heterocycles. The first-order chi connectivity index (χ1) is 19.5. The molecular weight excluding hydrogens is 524 g/mol. The zero-order valence-corrected chi connectivity index (χ0v) is 23.7. The second-order valence-electron chi connectivity index (χ2n) is 10.3. The van der Waals surface area contributed by atoms with Gasteiger partial charge in [-0.25, -0.2) is 19.6 Å². The van der Waals surface area contributed by atoms with Crippen LogP contribution in [0.15, 0.2) is 59.7 Å². The fourth-order valence-electron chi connectivity index (χ4n) is 4.90. The van der Waals surface area contributed by atoms with Crippen LogP contribution in [0, 0.1) is 33.6 Å². The van der Waals surface area contributed by atoms with E-state index in [1.165, 1.54) is 6.20 Å². The minimum absolute atomic E-state index is 0.0732. The lowest BCUT2D eigenvalue weighted by molar-refractivity contribution is -0.148. The van der Waals surface area contributed by atoms with E-state index in [4.69, 9.17) is 14.2 Å². The van der Waals surface area contributed by atoms with Crippen molar-refractivity contribution in [3.05, 3.63) is 93.8 Å². The van der Waals surface area contributed by atoms with Gasteiger partial charge >= 0.3 is 17.9 Å². The number of hydrogen-bond acceptors (Lipinski definition) is 8. The Morgan fingerprint density at radius 1 is 1.00 bits per heavy atom. The Kier molecular flexibility index (Phi) is 9.07. The topological polar surface area (TPSA) is 121 Å². The number of carbonyl (C=O) groups excluding carboxylic acids is 4. The van der Waals surface area contributed by atoms with Gasteiger partial charge in [0.1, 0.15) is 12.7 Å². The number of nitrogens with zero attached hydrogens (tertiary/aromatic N) is 2. The predicted molar refractivity (Wildman–Crippen MR) is 151 cm³/mol. The molecule has 1 saturated heterocycles. The van der Waals surface area contributed by atoms with Gasteiger partial charge in [0, 0.05) is 6.20 Å². The molecule has 0 saturated carbocycles. The molecule has 1 amide bonds. The van der Waals surface area contributed by atoms with Crippen LogP contribution in [0.3, 0.4) is 0 Å². The highest BCUT2D eigenvalue weighted by molar-refractivity contribution is 6.39. The molecule has 2 atom stereocenters. The van der Waals surface area contributed by atoms with Crippen molar-refractivity contribution in [1.82, 2.24) is 4.98 Å². The lowest BCUT2D eigenvalue weighted by Crippen LogP contribution is -2.26. The lowest BCUT2D eigenvalue weighted by atomic mass is 9.94. The van der Waals surface area contributed by atoms with Crippen LogP contribution in [0.2, 0.25) is 0 Å². The fourth-order valence-corrected chi connectivity index (χ4v) is 4.90. The predicted octanol–water partition coefficient (Wildman–Crippen LogP) is 4.85. The summed E-state index contributed by atoms with van der Waals surface area (Å²) in [5.41, 5.74) is 3.62. The Hall–Kier alpha value is -4.66. The zero-order chi connectivity index (χ0) is 29.7. The number of benzene rings is 2. The molecule has 2 aromatic carbocycles. The summed E-state index contributed by atoms with van der Waals surface area (Å²) in [4.78, 5) is 60.2. The highest BCUT2D eigenvalue weighted by Crippen LogP contribution is 2.26.